The van der Waals surface area contributed by atoms with Crippen LogP contribution in [0.3, 0.4) is 0 Å². The quantitative estimate of drug-likeness (QED) is 0.361. The number of aromatic amines is 1. The van der Waals surface area contributed by atoms with E-state index >= 15 is 0 Å². The number of aryl methyl sites for hydroxylation is 1. The van der Waals surface area contributed by atoms with Gasteiger partial charge in [0.2, 0.25) is 5.88 Å². The van der Waals surface area contributed by atoms with E-state index in [0.29, 0.717) is 40.9 Å². The van der Waals surface area contributed by atoms with Gasteiger partial charge in [0, 0.05) is 29.8 Å². The number of anilines is 2. The largest absolute Gasteiger partial charge is 0.481 e. The van der Waals surface area contributed by atoms with Gasteiger partial charge in [-0.1, -0.05) is 0 Å². The number of nitrogens with zero attached hydrogens (tertiary/aromatic N) is 5. The first kappa shape index (κ1) is 20.3. The highest BCUT2D eigenvalue weighted by atomic mass is 16.5. The Morgan fingerprint density at radius 3 is 2.81 bits per heavy atom. The molecule has 164 valence electrons. The molecule has 0 amide bonds. The summed E-state index contributed by atoms with van der Waals surface area (Å²) in [6.45, 7) is 3.43. The summed E-state index contributed by atoms with van der Waals surface area (Å²) in [6, 6.07) is 5.70. The number of H-pyrrole nitrogens is 1. The van der Waals surface area contributed by atoms with Crippen LogP contribution in [-0.4, -0.2) is 61.8 Å². The van der Waals surface area contributed by atoms with E-state index in [1.165, 1.54) is 0 Å². The lowest BCUT2D eigenvalue weighted by atomic mass is 9.80. The highest BCUT2D eigenvalue weighted by Crippen LogP contribution is 2.37. The Morgan fingerprint density at radius 2 is 2.09 bits per heavy atom. The van der Waals surface area contributed by atoms with E-state index in [1.54, 1.807) is 25.7 Å². The minimum Gasteiger partial charge on any atom is -0.481 e. The van der Waals surface area contributed by atoms with E-state index in [1.807, 2.05) is 25.3 Å². The Kier molecular flexibility index (Phi) is 5.16. The molecule has 1 aliphatic rings. The standard InChI is InChI=1S/C22H24N8O2/c1-13-28-18(19-21(29-13)27-12-26-19)16-7-14(22(11-31)5-6-23-10-22)8-25-20(16)30-15-3-4-17(32-2)24-9-15/h3-4,7-9,12,23,31H,5-6,10-11H2,1-2H3,(H,25,30)(H,26,27,28,29)/t22-/m0/s1. The molecule has 0 unspecified atom stereocenters. The van der Waals surface area contributed by atoms with E-state index in [4.69, 9.17) is 14.7 Å². The lowest BCUT2D eigenvalue weighted by Crippen LogP contribution is -2.33. The summed E-state index contributed by atoms with van der Waals surface area (Å²) in [7, 11) is 1.58. The molecule has 32 heavy (non-hydrogen) atoms. The second kappa shape index (κ2) is 8.13. The number of fused-ring (bicyclic) bond motifs is 1. The molecular formula is C22H24N8O2. The minimum absolute atomic E-state index is 0.0386. The summed E-state index contributed by atoms with van der Waals surface area (Å²) in [5, 5.41) is 16.9. The first-order chi connectivity index (χ1) is 15.6. The van der Waals surface area contributed by atoms with Crippen LogP contribution in [0, 0.1) is 6.92 Å². The zero-order valence-corrected chi connectivity index (χ0v) is 17.9. The number of imidazole rings is 1. The first-order valence-electron chi connectivity index (χ1n) is 10.4. The topological polar surface area (TPSA) is 134 Å². The predicted octanol–water partition coefficient (Wildman–Crippen LogP) is 2.09. The molecule has 1 atom stereocenters. The van der Waals surface area contributed by atoms with Crippen molar-refractivity contribution < 1.29 is 9.84 Å². The third-order valence-electron chi connectivity index (χ3n) is 5.90. The third-order valence-corrected chi connectivity index (χ3v) is 5.90. The van der Waals surface area contributed by atoms with Gasteiger partial charge in [0.05, 0.1) is 31.9 Å². The molecule has 0 radical (unpaired) electrons. The van der Waals surface area contributed by atoms with Crippen LogP contribution in [0.15, 0.2) is 36.9 Å². The van der Waals surface area contributed by atoms with Crippen LogP contribution in [0.2, 0.25) is 0 Å². The van der Waals surface area contributed by atoms with Gasteiger partial charge >= 0.3 is 0 Å². The number of pyridine rings is 2. The number of aliphatic hydroxyl groups is 1. The number of methoxy groups -OCH3 is 1. The number of nitrogens with one attached hydrogen (secondary N) is 3. The number of hydrogen-bond acceptors (Lipinski definition) is 9. The molecule has 0 aliphatic carbocycles. The Labute approximate surface area is 184 Å². The number of ether oxygens (including phenoxy) is 1. The maximum atomic E-state index is 10.2. The number of rotatable bonds is 6. The molecule has 10 nitrogen and oxygen atoms in total. The molecule has 0 spiro atoms. The van der Waals surface area contributed by atoms with Gasteiger partial charge < -0.3 is 25.5 Å². The minimum atomic E-state index is -0.380. The Morgan fingerprint density at radius 1 is 1.19 bits per heavy atom. The normalized spacial score (nSPS) is 18.2. The second-order valence-electron chi connectivity index (χ2n) is 7.92. The zero-order chi connectivity index (χ0) is 22.1. The Bertz CT molecular complexity index is 1250. The summed E-state index contributed by atoms with van der Waals surface area (Å²) in [5.41, 5.74) is 4.11. The van der Waals surface area contributed by atoms with Crippen LogP contribution >= 0.6 is 0 Å². The molecule has 0 bridgehead atoms. The SMILES string of the molecule is COc1ccc(Nc2ncc([C@@]3(CO)CCNC3)cc2-c2nc(C)nc3[nH]cnc23)cn1. The van der Waals surface area contributed by atoms with Gasteiger partial charge in [0.25, 0.3) is 0 Å². The van der Waals surface area contributed by atoms with Crippen molar-refractivity contribution in [3.05, 3.63) is 48.3 Å². The van der Waals surface area contributed by atoms with Gasteiger partial charge in [-0.05, 0) is 37.6 Å². The molecule has 1 fully saturated rings. The molecular weight excluding hydrogens is 408 g/mol. The van der Waals surface area contributed by atoms with E-state index < -0.39 is 0 Å². The average Bonchev–Trinajstić information content (AvgIpc) is 3.49. The van der Waals surface area contributed by atoms with Crippen molar-refractivity contribution in [1.82, 2.24) is 35.2 Å². The fourth-order valence-corrected chi connectivity index (χ4v) is 4.10. The van der Waals surface area contributed by atoms with Crippen LogP contribution in [0.5, 0.6) is 5.88 Å². The van der Waals surface area contributed by atoms with Crippen LogP contribution in [0.4, 0.5) is 11.5 Å². The van der Waals surface area contributed by atoms with E-state index in [9.17, 15) is 5.11 Å². The second-order valence-corrected chi connectivity index (χ2v) is 7.92. The van der Waals surface area contributed by atoms with Crippen molar-refractivity contribution in [3.63, 3.8) is 0 Å². The maximum Gasteiger partial charge on any atom is 0.213 e. The molecule has 10 heteroatoms. The van der Waals surface area contributed by atoms with E-state index in [2.05, 4.69) is 30.6 Å². The summed E-state index contributed by atoms with van der Waals surface area (Å²) in [4.78, 5) is 25.7. The summed E-state index contributed by atoms with van der Waals surface area (Å²) >= 11 is 0. The van der Waals surface area contributed by atoms with Gasteiger partial charge in [-0.3, -0.25) is 0 Å². The monoisotopic (exact) mass is 432 g/mol. The molecule has 0 aromatic carbocycles. The summed E-state index contributed by atoms with van der Waals surface area (Å²) in [5.74, 6) is 1.77. The van der Waals surface area contributed by atoms with Gasteiger partial charge in [0.1, 0.15) is 22.9 Å². The molecule has 4 aromatic rings. The molecule has 0 saturated carbocycles. The zero-order valence-electron chi connectivity index (χ0n) is 17.9. The van der Waals surface area contributed by atoms with Crippen LogP contribution < -0.4 is 15.4 Å². The molecule has 4 aromatic heterocycles. The van der Waals surface area contributed by atoms with Crippen molar-refractivity contribution in [2.24, 2.45) is 0 Å². The van der Waals surface area contributed by atoms with Crippen LogP contribution in [0.25, 0.3) is 22.4 Å². The summed E-state index contributed by atoms with van der Waals surface area (Å²) in [6.07, 6.45) is 5.95. The lowest BCUT2D eigenvalue weighted by Gasteiger charge is -2.27. The predicted molar refractivity (Wildman–Crippen MR) is 120 cm³/mol. The van der Waals surface area contributed by atoms with E-state index in [-0.39, 0.29) is 12.0 Å². The highest BCUT2D eigenvalue weighted by Gasteiger charge is 2.36. The molecule has 5 heterocycles. The fourth-order valence-electron chi connectivity index (χ4n) is 4.10. The first-order valence-corrected chi connectivity index (χ1v) is 10.4. The smallest absolute Gasteiger partial charge is 0.213 e. The Balaban J connectivity index is 1.66. The fraction of sp³-hybridized carbons (Fsp3) is 0.318. The van der Waals surface area contributed by atoms with Gasteiger partial charge in [0.15, 0.2) is 5.65 Å². The summed E-state index contributed by atoms with van der Waals surface area (Å²) < 4.78 is 5.15. The van der Waals surface area contributed by atoms with Crippen molar-refractivity contribution in [3.8, 4) is 17.1 Å². The number of hydrogen-bond donors (Lipinski definition) is 4. The maximum absolute atomic E-state index is 10.2. The highest BCUT2D eigenvalue weighted by molar-refractivity contribution is 5.91. The number of aliphatic hydroxyl groups excluding tert-OH is 1. The van der Waals surface area contributed by atoms with Gasteiger partial charge in [-0.15, -0.1) is 0 Å². The van der Waals surface area contributed by atoms with Crippen molar-refractivity contribution in [2.45, 2.75) is 18.8 Å². The van der Waals surface area contributed by atoms with Gasteiger partial charge in [-0.2, -0.15) is 0 Å². The molecule has 1 aliphatic heterocycles. The Hall–Kier alpha value is -3.63. The average molecular weight is 432 g/mol. The molecule has 4 N–H and O–H groups in total. The lowest BCUT2D eigenvalue weighted by molar-refractivity contribution is 0.205. The molecule has 5 rings (SSSR count). The molecule has 1 saturated heterocycles. The van der Waals surface area contributed by atoms with Crippen molar-refractivity contribution in [1.29, 1.82) is 0 Å². The van der Waals surface area contributed by atoms with Crippen molar-refractivity contribution in [2.75, 3.05) is 32.1 Å². The van der Waals surface area contributed by atoms with E-state index in [0.717, 1.165) is 29.8 Å². The van der Waals surface area contributed by atoms with Crippen LogP contribution in [-0.2, 0) is 5.41 Å². The van der Waals surface area contributed by atoms with Gasteiger partial charge in [-0.25, -0.2) is 24.9 Å². The van der Waals surface area contributed by atoms with Crippen LogP contribution in [0.1, 0.15) is 17.8 Å². The third kappa shape index (κ3) is 3.53. The number of aromatic nitrogens is 6. The van der Waals surface area contributed by atoms with Crippen molar-refractivity contribution >= 4 is 22.7 Å².